The largest absolute Gasteiger partial charge is 0.366 e. The minimum atomic E-state index is -3.53. The molecule has 0 radical (unpaired) electrons. The Balaban J connectivity index is 1.46. The molecular formula is C23H24N6O2S. The van der Waals surface area contributed by atoms with Crippen LogP contribution in [0, 0.1) is 0 Å². The number of anilines is 1. The number of hydrogen-bond donors (Lipinski definition) is 1. The normalized spacial score (nSPS) is 15.1. The van der Waals surface area contributed by atoms with Gasteiger partial charge in [-0.2, -0.15) is 18.9 Å². The molecule has 0 atom stereocenters. The van der Waals surface area contributed by atoms with Gasteiger partial charge < -0.3 is 5.32 Å². The molecule has 0 amide bonds. The molecule has 0 aliphatic carbocycles. The third kappa shape index (κ3) is 3.96. The van der Waals surface area contributed by atoms with Crippen LogP contribution >= 0.6 is 0 Å². The maximum Gasteiger partial charge on any atom is 0.254 e. The van der Waals surface area contributed by atoms with Gasteiger partial charge in [0.1, 0.15) is 12.1 Å². The van der Waals surface area contributed by atoms with Crippen molar-refractivity contribution in [2.24, 2.45) is 0 Å². The van der Waals surface area contributed by atoms with E-state index < -0.39 is 10.0 Å². The van der Waals surface area contributed by atoms with Crippen LogP contribution in [-0.2, 0) is 16.6 Å². The first-order valence-corrected chi connectivity index (χ1v) is 12.1. The molecule has 164 valence electrons. The fourth-order valence-electron chi connectivity index (χ4n) is 4.03. The van der Waals surface area contributed by atoms with Crippen molar-refractivity contribution in [3.8, 4) is 11.3 Å². The highest BCUT2D eigenvalue weighted by Gasteiger charge is 2.27. The highest BCUT2D eigenvalue weighted by Crippen LogP contribution is 2.25. The minimum Gasteiger partial charge on any atom is -0.366 e. The van der Waals surface area contributed by atoms with Crippen LogP contribution in [0.5, 0.6) is 0 Å². The van der Waals surface area contributed by atoms with Gasteiger partial charge in [0, 0.05) is 31.3 Å². The van der Waals surface area contributed by atoms with Crippen LogP contribution in [0.4, 0.5) is 5.82 Å². The van der Waals surface area contributed by atoms with E-state index in [4.69, 9.17) is 0 Å². The Bertz CT molecular complexity index is 1330. The lowest BCUT2D eigenvalue weighted by molar-refractivity contribution is 0.346. The molecule has 0 bridgehead atoms. The average molecular weight is 449 g/mol. The summed E-state index contributed by atoms with van der Waals surface area (Å²) < 4.78 is 29.8. The van der Waals surface area contributed by atoms with Gasteiger partial charge in [-0.05, 0) is 24.5 Å². The zero-order valence-electron chi connectivity index (χ0n) is 17.6. The first-order valence-electron chi connectivity index (χ1n) is 10.7. The second-order valence-corrected chi connectivity index (χ2v) is 9.70. The molecule has 1 saturated heterocycles. The van der Waals surface area contributed by atoms with Crippen molar-refractivity contribution >= 4 is 21.6 Å². The molecule has 9 heteroatoms. The lowest BCUT2D eigenvalue weighted by Crippen LogP contribution is -2.36. The molecule has 1 aliphatic rings. The van der Waals surface area contributed by atoms with Gasteiger partial charge in [-0.25, -0.2) is 13.4 Å². The van der Waals surface area contributed by atoms with Crippen molar-refractivity contribution in [2.75, 3.05) is 18.4 Å². The first-order chi connectivity index (χ1) is 15.6. The second kappa shape index (κ2) is 8.68. The Morgan fingerprint density at radius 2 is 1.69 bits per heavy atom. The number of rotatable bonds is 6. The Hall–Kier alpha value is -3.30. The SMILES string of the molecule is O=S(=O)(c1ccccc1CNc1cc(-c2ccccc2)nc2ncnn12)N1CCCCC1. The van der Waals surface area contributed by atoms with Crippen molar-refractivity contribution < 1.29 is 8.42 Å². The Morgan fingerprint density at radius 1 is 0.938 bits per heavy atom. The van der Waals surface area contributed by atoms with Crippen LogP contribution in [0.2, 0.25) is 0 Å². The number of hydrogen-bond acceptors (Lipinski definition) is 6. The van der Waals surface area contributed by atoms with Crippen LogP contribution in [0.25, 0.3) is 17.0 Å². The summed E-state index contributed by atoms with van der Waals surface area (Å²) in [4.78, 5) is 9.17. The molecule has 4 aromatic rings. The summed E-state index contributed by atoms with van der Waals surface area (Å²) in [5.74, 6) is 1.17. The summed E-state index contributed by atoms with van der Waals surface area (Å²) in [6, 6.07) is 18.9. The van der Waals surface area contributed by atoms with E-state index in [1.807, 2.05) is 48.5 Å². The van der Waals surface area contributed by atoms with Crippen molar-refractivity contribution in [1.29, 1.82) is 0 Å². The lowest BCUT2D eigenvalue weighted by atomic mass is 10.1. The number of benzene rings is 2. The van der Waals surface area contributed by atoms with E-state index in [-0.39, 0.29) is 0 Å². The second-order valence-electron chi connectivity index (χ2n) is 7.79. The molecule has 2 aromatic heterocycles. The number of aromatic nitrogens is 4. The molecular weight excluding hydrogens is 424 g/mol. The number of nitrogens with zero attached hydrogens (tertiary/aromatic N) is 5. The molecule has 1 fully saturated rings. The smallest absolute Gasteiger partial charge is 0.254 e. The van der Waals surface area contributed by atoms with Gasteiger partial charge in [-0.1, -0.05) is 55.0 Å². The maximum atomic E-state index is 13.3. The van der Waals surface area contributed by atoms with E-state index in [0.717, 1.165) is 30.5 Å². The van der Waals surface area contributed by atoms with Gasteiger partial charge >= 0.3 is 0 Å². The topological polar surface area (TPSA) is 92.5 Å². The predicted molar refractivity (Wildman–Crippen MR) is 123 cm³/mol. The summed E-state index contributed by atoms with van der Waals surface area (Å²) >= 11 is 0. The third-order valence-electron chi connectivity index (χ3n) is 5.69. The molecule has 1 aliphatic heterocycles. The summed E-state index contributed by atoms with van der Waals surface area (Å²) in [5, 5.41) is 7.62. The molecule has 0 unspecified atom stereocenters. The first kappa shape index (κ1) is 20.6. The Kier molecular flexibility index (Phi) is 5.59. The highest BCUT2D eigenvalue weighted by molar-refractivity contribution is 7.89. The van der Waals surface area contributed by atoms with Gasteiger partial charge in [-0.15, -0.1) is 0 Å². The van der Waals surface area contributed by atoms with Crippen LogP contribution in [0.1, 0.15) is 24.8 Å². The summed E-state index contributed by atoms with van der Waals surface area (Å²) in [5.41, 5.74) is 2.45. The van der Waals surface area contributed by atoms with Crippen molar-refractivity contribution in [2.45, 2.75) is 30.7 Å². The zero-order chi connectivity index (χ0) is 22.0. The molecule has 0 saturated carbocycles. The molecule has 8 nitrogen and oxygen atoms in total. The van der Waals surface area contributed by atoms with Crippen LogP contribution in [-0.4, -0.2) is 45.4 Å². The minimum absolute atomic E-state index is 0.330. The van der Waals surface area contributed by atoms with Crippen molar-refractivity contribution in [3.05, 3.63) is 72.6 Å². The molecule has 2 aromatic carbocycles. The van der Waals surface area contributed by atoms with E-state index in [0.29, 0.717) is 41.7 Å². The number of sulfonamides is 1. The lowest BCUT2D eigenvalue weighted by Gasteiger charge is -2.27. The van der Waals surface area contributed by atoms with E-state index in [2.05, 4.69) is 20.4 Å². The molecule has 32 heavy (non-hydrogen) atoms. The number of piperidine rings is 1. The quantitative estimate of drug-likeness (QED) is 0.485. The Morgan fingerprint density at radius 3 is 2.50 bits per heavy atom. The van der Waals surface area contributed by atoms with E-state index in [1.54, 1.807) is 21.0 Å². The van der Waals surface area contributed by atoms with Gasteiger partial charge in [-0.3, -0.25) is 0 Å². The van der Waals surface area contributed by atoms with Crippen LogP contribution in [0.3, 0.4) is 0 Å². The van der Waals surface area contributed by atoms with Gasteiger partial charge in [0.2, 0.25) is 10.0 Å². The number of nitrogens with one attached hydrogen (secondary N) is 1. The standard InChI is InChI=1S/C23H24N6O2S/c30-32(31,28-13-7-2-8-14-28)21-12-6-5-11-19(21)16-24-22-15-20(18-9-3-1-4-10-18)27-23-25-17-26-29(22)23/h1,3-6,9-12,15,17,24H,2,7-8,13-14,16H2. The van der Waals surface area contributed by atoms with Gasteiger partial charge in [0.15, 0.2) is 0 Å². The van der Waals surface area contributed by atoms with Crippen molar-refractivity contribution in [1.82, 2.24) is 23.9 Å². The van der Waals surface area contributed by atoms with Gasteiger partial charge in [0.05, 0.1) is 10.6 Å². The maximum absolute atomic E-state index is 13.3. The van der Waals surface area contributed by atoms with Crippen LogP contribution < -0.4 is 5.32 Å². The highest BCUT2D eigenvalue weighted by atomic mass is 32.2. The molecule has 3 heterocycles. The fourth-order valence-corrected chi connectivity index (χ4v) is 5.77. The van der Waals surface area contributed by atoms with E-state index in [1.165, 1.54) is 6.33 Å². The predicted octanol–water partition coefficient (Wildman–Crippen LogP) is 3.58. The van der Waals surface area contributed by atoms with Crippen molar-refractivity contribution in [3.63, 3.8) is 0 Å². The van der Waals surface area contributed by atoms with E-state index >= 15 is 0 Å². The molecule has 0 spiro atoms. The zero-order valence-corrected chi connectivity index (χ0v) is 18.4. The average Bonchev–Trinajstić information content (AvgIpc) is 3.33. The Labute approximate surface area is 187 Å². The van der Waals surface area contributed by atoms with Crippen LogP contribution in [0.15, 0.2) is 71.9 Å². The number of fused-ring (bicyclic) bond motifs is 1. The summed E-state index contributed by atoms with van der Waals surface area (Å²) in [6.45, 7) is 1.49. The van der Waals surface area contributed by atoms with Gasteiger partial charge in [0.25, 0.3) is 5.78 Å². The summed E-state index contributed by atoms with van der Waals surface area (Å²) in [6.07, 6.45) is 4.35. The molecule has 1 N–H and O–H groups in total. The fraction of sp³-hybridized carbons (Fsp3) is 0.261. The third-order valence-corrected chi connectivity index (χ3v) is 7.69. The van der Waals surface area contributed by atoms with E-state index in [9.17, 15) is 8.42 Å². The monoisotopic (exact) mass is 448 g/mol. The molecule has 5 rings (SSSR count). The summed E-state index contributed by atoms with van der Waals surface area (Å²) in [7, 11) is -3.53.